The van der Waals surface area contributed by atoms with E-state index in [9.17, 15) is 9.59 Å². The summed E-state index contributed by atoms with van der Waals surface area (Å²) in [7, 11) is 1.78. The molecule has 0 radical (unpaired) electrons. The second-order valence-electron chi connectivity index (χ2n) is 6.87. The molecule has 2 aliphatic rings. The van der Waals surface area contributed by atoms with E-state index >= 15 is 0 Å². The molecule has 1 aliphatic heterocycles. The van der Waals surface area contributed by atoms with E-state index in [1.165, 1.54) is 19.3 Å². The quantitative estimate of drug-likeness (QED) is 0.926. The Morgan fingerprint density at radius 1 is 1.04 bits per heavy atom. The Morgan fingerprint density at radius 3 is 2.46 bits per heavy atom. The van der Waals surface area contributed by atoms with E-state index in [0.717, 1.165) is 31.4 Å². The fraction of sp³-hybridized carbons (Fsp3) is 0.579. The third-order valence-corrected chi connectivity index (χ3v) is 5.21. The van der Waals surface area contributed by atoms with Gasteiger partial charge in [-0.3, -0.25) is 4.79 Å². The Labute approximate surface area is 144 Å². The van der Waals surface area contributed by atoms with Crippen LogP contribution in [0.15, 0.2) is 30.3 Å². The van der Waals surface area contributed by atoms with Gasteiger partial charge in [0.15, 0.2) is 0 Å². The number of hydrogen-bond donors (Lipinski definition) is 1. The summed E-state index contributed by atoms with van der Waals surface area (Å²) < 4.78 is 0. The highest BCUT2D eigenvalue weighted by Gasteiger charge is 2.36. The van der Waals surface area contributed by atoms with Crippen LogP contribution in [-0.4, -0.2) is 42.5 Å². The van der Waals surface area contributed by atoms with Gasteiger partial charge in [-0.2, -0.15) is 0 Å². The Morgan fingerprint density at radius 2 is 1.75 bits per heavy atom. The van der Waals surface area contributed by atoms with Gasteiger partial charge in [-0.05, 0) is 37.8 Å². The van der Waals surface area contributed by atoms with Crippen molar-refractivity contribution in [3.63, 3.8) is 0 Å². The molecule has 5 nitrogen and oxygen atoms in total. The highest BCUT2D eigenvalue weighted by molar-refractivity contribution is 5.98. The predicted octanol–water partition coefficient (Wildman–Crippen LogP) is 3.16. The molecule has 5 heteroatoms. The molecule has 0 unspecified atom stereocenters. The molecule has 1 aromatic carbocycles. The average Bonchev–Trinajstić information content (AvgIpc) is 3.12. The Hall–Kier alpha value is -2.04. The van der Waals surface area contributed by atoms with E-state index in [1.54, 1.807) is 16.8 Å². The molecule has 130 valence electrons. The van der Waals surface area contributed by atoms with Crippen LogP contribution < -0.4 is 10.2 Å². The van der Waals surface area contributed by atoms with Gasteiger partial charge < -0.3 is 15.1 Å². The van der Waals surface area contributed by atoms with Gasteiger partial charge in [0, 0.05) is 25.3 Å². The van der Waals surface area contributed by atoms with Crippen molar-refractivity contribution in [1.82, 2.24) is 10.2 Å². The topological polar surface area (TPSA) is 52.7 Å². The predicted molar refractivity (Wildman–Crippen MR) is 95.0 cm³/mol. The average molecular weight is 329 g/mol. The summed E-state index contributed by atoms with van der Waals surface area (Å²) in [6, 6.07) is 9.45. The van der Waals surface area contributed by atoms with Crippen molar-refractivity contribution in [3.05, 3.63) is 30.3 Å². The molecule has 1 aliphatic carbocycles. The van der Waals surface area contributed by atoms with Gasteiger partial charge in [0.05, 0.1) is 0 Å². The van der Waals surface area contributed by atoms with Crippen molar-refractivity contribution in [3.8, 4) is 0 Å². The molecule has 0 spiro atoms. The summed E-state index contributed by atoms with van der Waals surface area (Å²) in [5.74, 6) is -0.00232. The number of likely N-dealkylation sites (tertiary alicyclic amines) is 1. The van der Waals surface area contributed by atoms with Gasteiger partial charge in [-0.1, -0.05) is 37.5 Å². The van der Waals surface area contributed by atoms with Crippen molar-refractivity contribution >= 4 is 17.6 Å². The van der Waals surface area contributed by atoms with E-state index in [4.69, 9.17) is 0 Å². The molecule has 2 fully saturated rings. The molecule has 1 heterocycles. The zero-order valence-electron chi connectivity index (χ0n) is 14.4. The van der Waals surface area contributed by atoms with Gasteiger partial charge in [-0.25, -0.2) is 4.79 Å². The van der Waals surface area contributed by atoms with Crippen LogP contribution in [0.5, 0.6) is 0 Å². The number of hydrogen-bond acceptors (Lipinski definition) is 2. The van der Waals surface area contributed by atoms with Gasteiger partial charge in [0.2, 0.25) is 5.91 Å². The lowest BCUT2D eigenvalue weighted by Gasteiger charge is -2.31. The SMILES string of the molecule is CN(C(=O)[C@H]1CCCN1C(=O)NC1CCCCC1)c1ccccc1. The number of likely N-dealkylation sites (N-methyl/N-ethyl adjacent to an activating group) is 1. The molecule has 1 saturated heterocycles. The Bertz CT molecular complexity index is 569. The van der Waals surface area contributed by atoms with Crippen molar-refractivity contribution < 1.29 is 9.59 Å². The van der Waals surface area contributed by atoms with Crippen molar-refractivity contribution in [1.29, 1.82) is 0 Å². The maximum atomic E-state index is 12.9. The first-order valence-electron chi connectivity index (χ1n) is 9.06. The van der Waals surface area contributed by atoms with Gasteiger partial charge in [-0.15, -0.1) is 0 Å². The van der Waals surface area contributed by atoms with Crippen LogP contribution in [0.1, 0.15) is 44.9 Å². The van der Waals surface area contributed by atoms with E-state index in [2.05, 4.69) is 5.32 Å². The number of nitrogens with zero attached hydrogens (tertiary/aromatic N) is 2. The number of anilines is 1. The number of urea groups is 1. The molecule has 1 aromatic rings. The molecule has 1 saturated carbocycles. The fourth-order valence-corrected chi connectivity index (χ4v) is 3.77. The summed E-state index contributed by atoms with van der Waals surface area (Å²) >= 11 is 0. The molecule has 1 N–H and O–H groups in total. The first-order valence-corrected chi connectivity index (χ1v) is 9.06. The zero-order valence-corrected chi connectivity index (χ0v) is 14.4. The standard InChI is InChI=1S/C19H27N3O2/c1-21(16-11-6-3-7-12-16)18(23)17-13-8-14-22(17)19(24)20-15-9-4-2-5-10-15/h3,6-7,11-12,15,17H,2,4-5,8-10,13-14H2,1H3,(H,20,24)/t17-/m1/s1. The first kappa shape index (κ1) is 16.8. The number of carbonyl (C=O) groups excluding carboxylic acids is 2. The number of benzene rings is 1. The number of para-hydroxylation sites is 1. The first-order chi connectivity index (χ1) is 11.7. The zero-order chi connectivity index (χ0) is 16.9. The molecule has 3 rings (SSSR count). The van der Waals surface area contributed by atoms with E-state index < -0.39 is 0 Å². The normalized spacial score (nSPS) is 21.5. The number of carbonyl (C=O) groups is 2. The fourth-order valence-electron chi connectivity index (χ4n) is 3.77. The lowest BCUT2D eigenvalue weighted by molar-refractivity contribution is -0.121. The van der Waals surface area contributed by atoms with Crippen LogP contribution >= 0.6 is 0 Å². The maximum Gasteiger partial charge on any atom is 0.318 e. The summed E-state index contributed by atoms with van der Waals surface area (Å²) in [5, 5.41) is 3.14. The van der Waals surface area contributed by atoms with Crippen LogP contribution in [0.25, 0.3) is 0 Å². The minimum Gasteiger partial charge on any atom is -0.335 e. The van der Waals surface area contributed by atoms with Crippen molar-refractivity contribution in [2.24, 2.45) is 0 Å². The second kappa shape index (κ2) is 7.69. The monoisotopic (exact) mass is 329 g/mol. The summed E-state index contributed by atoms with van der Waals surface area (Å²) in [4.78, 5) is 28.9. The van der Waals surface area contributed by atoms with Crippen LogP contribution in [0.2, 0.25) is 0 Å². The molecule has 3 amide bonds. The van der Waals surface area contributed by atoms with Crippen molar-refractivity contribution in [2.45, 2.75) is 57.0 Å². The van der Waals surface area contributed by atoms with Gasteiger partial charge >= 0.3 is 6.03 Å². The lowest BCUT2D eigenvalue weighted by atomic mass is 9.96. The van der Waals surface area contributed by atoms with E-state index in [1.807, 2.05) is 30.3 Å². The summed E-state index contributed by atoms with van der Waals surface area (Å²) in [5.41, 5.74) is 0.863. The number of rotatable bonds is 3. The van der Waals surface area contributed by atoms with E-state index in [-0.39, 0.29) is 24.0 Å². The molecule has 0 aromatic heterocycles. The molecular formula is C19H27N3O2. The van der Waals surface area contributed by atoms with Gasteiger partial charge in [0.25, 0.3) is 0 Å². The highest BCUT2D eigenvalue weighted by Crippen LogP contribution is 2.23. The number of nitrogens with one attached hydrogen (secondary N) is 1. The number of amides is 3. The minimum absolute atomic E-state index is 0.00232. The van der Waals surface area contributed by atoms with Crippen LogP contribution in [0.3, 0.4) is 0 Å². The molecule has 0 bridgehead atoms. The van der Waals surface area contributed by atoms with Gasteiger partial charge in [0.1, 0.15) is 6.04 Å². The Kier molecular flexibility index (Phi) is 5.38. The molecular weight excluding hydrogens is 302 g/mol. The van der Waals surface area contributed by atoms with Crippen LogP contribution in [0.4, 0.5) is 10.5 Å². The molecule has 1 atom stereocenters. The molecule has 24 heavy (non-hydrogen) atoms. The smallest absolute Gasteiger partial charge is 0.318 e. The van der Waals surface area contributed by atoms with Crippen LogP contribution in [-0.2, 0) is 4.79 Å². The summed E-state index contributed by atoms with van der Waals surface area (Å²) in [6.07, 6.45) is 7.38. The Balaban J connectivity index is 1.63. The summed E-state index contributed by atoms with van der Waals surface area (Å²) in [6.45, 7) is 0.664. The second-order valence-corrected chi connectivity index (χ2v) is 6.87. The van der Waals surface area contributed by atoms with Crippen LogP contribution in [0, 0.1) is 0 Å². The third-order valence-electron chi connectivity index (χ3n) is 5.21. The lowest BCUT2D eigenvalue weighted by Crippen LogP contribution is -2.52. The highest BCUT2D eigenvalue weighted by atomic mass is 16.2. The third kappa shape index (κ3) is 3.71. The van der Waals surface area contributed by atoms with E-state index in [0.29, 0.717) is 6.54 Å². The van der Waals surface area contributed by atoms with Crippen molar-refractivity contribution in [2.75, 3.05) is 18.5 Å². The minimum atomic E-state index is -0.348. The maximum absolute atomic E-state index is 12.9. The largest absolute Gasteiger partial charge is 0.335 e.